The lowest BCUT2D eigenvalue weighted by Gasteiger charge is -2.07. The minimum atomic E-state index is -0.208. The van der Waals surface area contributed by atoms with Gasteiger partial charge in [-0.1, -0.05) is 19.1 Å². The molecule has 0 fully saturated rings. The molecule has 0 saturated carbocycles. The Kier molecular flexibility index (Phi) is 3.10. The summed E-state index contributed by atoms with van der Waals surface area (Å²) in [5.74, 6) is -0.208. The Hall–Kier alpha value is -1.27. The third-order valence-electron chi connectivity index (χ3n) is 1.88. The van der Waals surface area contributed by atoms with E-state index in [4.69, 9.17) is 5.26 Å². The predicted molar refractivity (Wildman–Crippen MR) is 52.9 cm³/mol. The summed E-state index contributed by atoms with van der Waals surface area (Å²) in [6.45, 7) is 1.78. The van der Waals surface area contributed by atoms with E-state index in [2.05, 4.69) is 12.6 Å². The number of nitrogens with zero attached hydrogens (tertiary/aromatic N) is 1. The Balaban J connectivity index is 3.25. The lowest BCUT2D eigenvalue weighted by molar-refractivity contribution is -0.108. The van der Waals surface area contributed by atoms with Crippen LogP contribution in [-0.4, -0.2) is 6.29 Å². The van der Waals surface area contributed by atoms with E-state index in [1.54, 1.807) is 19.1 Å². The van der Waals surface area contributed by atoms with Gasteiger partial charge < -0.3 is 4.79 Å². The van der Waals surface area contributed by atoms with Crippen LogP contribution in [0.15, 0.2) is 23.1 Å². The summed E-state index contributed by atoms with van der Waals surface area (Å²) < 4.78 is 0. The van der Waals surface area contributed by atoms with E-state index >= 15 is 0 Å². The molecule has 0 spiro atoms. The summed E-state index contributed by atoms with van der Waals surface area (Å²) in [5.41, 5.74) is 1.31. The molecule has 13 heavy (non-hydrogen) atoms. The molecule has 1 unspecified atom stereocenters. The Morgan fingerprint density at radius 2 is 2.31 bits per heavy atom. The topological polar surface area (TPSA) is 40.9 Å². The van der Waals surface area contributed by atoms with Crippen molar-refractivity contribution in [3.05, 3.63) is 29.3 Å². The summed E-state index contributed by atoms with van der Waals surface area (Å²) in [7, 11) is 0. The SMILES string of the molecule is CC(C=O)c1cccc(C#N)c1S. The van der Waals surface area contributed by atoms with Crippen LogP contribution in [-0.2, 0) is 4.79 Å². The van der Waals surface area contributed by atoms with Crippen LogP contribution in [0.5, 0.6) is 0 Å². The van der Waals surface area contributed by atoms with Crippen molar-refractivity contribution in [1.82, 2.24) is 0 Å². The number of carbonyl (C=O) groups is 1. The molecule has 3 heteroatoms. The van der Waals surface area contributed by atoms with Gasteiger partial charge in [0.2, 0.25) is 0 Å². The highest BCUT2D eigenvalue weighted by Gasteiger charge is 2.09. The highest BCUT2D eigenvalue weighted by atomic mass is 32.1. The number of hydrogen-bond acceptors (Lipinski definition) is 3. The van der Waals surface area contributed by atoms with Crippen molar-refractivity contribution in [2.24, 2.45) is 0 Å². The molecule has 0 aliphatic carbocycles. The molecule has 0 radical (unpaired) electrons. The first-order valence-electron chi connectivity index (χ1n) is 3.88. The molecule has 1 aromatic rings. The molecule has 0 aliphatic heterocycles. The summed E-state index contributed by atoms with van der Waals surface area (Å²) in [6.07, 6.45) is 0.843. The monoisotopic (exact) mass is 191 g/mol. The molecule has 0 bridgehead atoms. The summed E-state index contributed by atoms with van der Waals surface area (Å²) in [5, 5.41) is 8.71. The maximum atomic E-state index is 10.5. The molecular formula is C10H9NOS. The van der Waals surface area contributed by atoms with Gasteiger partial charge in [0.25, 0.3) is 0 Å². The van der Waals surface area contributed by atoms with E-state index < -0.39 is 0 Å². The average Bonchev–Trinajstić information content (AvgIpc) is 2.17. The fourth-order valence-electron chi connectivity index (χ4n) is 1.09. The van der Waals surface area contributed by atoms with Crippen LogP contribution in [0.4, 0.5) is 0 Å². The third kappa shape index (κ3) is 1.90. The Morgan fingerprint density at radius 1 is 1.62 bits per heavy atom. The maximum absolute atomic E-state index is 10.5. The second-order valence-corrected chi connectivity index (χ2v) is 3.23. The van der Waals surface area contributed by atoms with Gasteiger partial charge >= 0.3 is 0 Å². The highest BCUT2D eigenvalue weighted by Crippen LogP contribution is 2.24. The van der Waals surface area contributed by atoms with Gasteiger partial charge in [0.15, 0.2) is 0 Å². The molecule has 0 aromatic heterocycles. The first kappa shape index (κ1) is 9.82. The number of nitriles is 1. The van der Waals surface area contributed by atoms with Crippen molar-refractivity contribution in [3.8, 4) is 6.07 Å². The lowest BCUT2D eigenvalue weighted by Crippen LogP contribution is -1.97. The van der Waals surface area contributed by atoms with Crippen molar-refractivity contribution in [3.63, 3.8) is 0 Å². The summed E-state index contributed by atoms with van der Waals surface area (Å²) in [6, 6.07) is 7.27. The van der Waals surface area contributed by atoms with Gasteiger partial charge in [-0.15, -0.1) is 12.6 Å². The van der Waals surface area contributed by atoms with Crippen LogP contribution in [0.3, 0.4) is 0 Å². The Labute approximate surface area is 82.6 Å². The molecule has 0 saturated heterocycles. The minimum Gasteiger partial charge on any atom is -0.303 e. The number of carbonyl (C=O) groups excluding carboxylic acids is 1. The van der Waals surface area contributed by atoms with Gasteiger partial charge in [-0.25, -0.2) is 0 Å². The van der Waals surface area contributed by atoms with Crippen molar-refractivity contribution in [1.29, 1.82) is 5.26 Å². The van der Waals surface area contributed by atoms with Crippen LogP contribution in [0, 0.1) is 11.3 Å². The maximum Gasteiger partial charge on any atom is 0.127 e. The van der Waals surface area contributed by atoms with Crippen LogP contribution in [0.1, 0.15) is 24.0 Å². The van der Waals surface area contributed by atoms with E-state index in [1.165, 1.54) is 0 Å². The number of hydrogen-bond donors (Lipinski definition) is 1. The standard InChI is InChI=1S/C10H9NOS/c1-7(6-12)9-4-2-3-8(5-11)10(9)13/h2-4,6-7,13H,1H3. The molecule has 0 N–H and O–H groups in total. The van der Waals surface area contributed by atoms with E-state index in [9.17, 15) is 4.79 Å². The number of aldehydes is 1. The zero-order valence-corrected chi connectivity index (χ0v) is 8.08. The van der Waals surface area contributed by atoms with Gasteiger partial charge in [-0.3, -0.25) is 0 Å². The van der Waals surface area contributed by atoms with E-state index in [1.807, 2.05) is 12.1 Å². The van der Waals surface area contributed by atoms with Gasteiger partial charge in [0.05, 0.1) is 5.56 Å². The highest BCUT2D eigenvalue weighted by molar-refractivity contribution is 7.80. The Morgan fingerprint density at radius 3 is 2.85 bits per heavy atom. The summed E-state index contributed by atoms with van der Waals surface area (Å²) in [4.78, 5) is 11.1. The molecule has 0 heterocycles. The molecular weight excluding hydrogens is 182 g/mol. The summed E-state index contributed by atoms with van der Waals surface area (Å²) >= 11 is 4.20. The second-order valence-electron chi connectivity index (χ2n) is 2.78. The normalized spacial score (nSPS) is 11.8. The van der Waals surface area contributed by atoms with E-state index in [-0.39, 0.29) is 5.92 Å². The molecule has 0 amide bonds. The van der Waals surface area contributed by atoms with E-state index in [0.717, 1.165) is 11.8 Å². The molecule has 0 aliphatic rings. The smallest absolute Gasteiger partial charge is 0.127 e. The van der Waals surface area contributed by atoms with Crippen molar-refractivity contribution in [2.75, 3.05) is 0 Å². The van der Waals surface area contributed by atoms with Gasteiger partial charge in [0.1, 0.15) is 12.4 Å². The molecule has 1 rings (SSSR count). The second kappa shape index (κ2) is 4.11. The van der Waals surface area contributed by atoms with Gasteiger partial charge in [-0.2, -0.15) is 5.26 Å². The quantitative estimate of drug-likeness (QED) is 0.574. The average molecular weight is 191 g/mol. The minimum absolute atomic E-state index is 0.208. The van der Waals surface area contributed by atoms with Crippen molar-refractivity contribution in [2.45, 2.75) is 17.7 Å². The first-order chi connectivity index (χ1) is 6.20. The van der Waals surface area contributed by atoms with Gasteiger partial charge in [0, 0.05) is 10.8 Å². The van der Waals surface area contributed by atoms with Crippen molar-refractivity contribution < 1.29 is 4.79 Å². The Bertz CT molecular complexity index is 368. The fourth-order valence-corrected chi connectivity index (χ4v) is 1.50. The van der Waals surface area contributed by atoms with Crippen LogP contribution in [0.25, 0.3) is 0 Å². The van der Waals surface area contributed by atoms with Crippen LogP contribution >= 0.6 is 12.6 Å². The van der Waals surface area contributed by atoms with E-state index in [0.29, 0.717) is 10.5 Å². The van der Waals surface area contributed by atoms with Gasteiger partial charge in [-0.05, 0) is 11.6 Å². The fraction of sp³-hybridized carbons (Fsp3) is 0.200. The number of thiol groups is 1. The third-order valence-corrected chi connectivity index (χ3v) is 2.38. The van der Waals surface area contributed by atoms with Crippen LogP contribution < -0.4 is 0 Å². The first-order valence-corrected chi connectivity index (χ1v) is 4.32. The zero-order valence-electron chi connectivity index (χ0n) is 7.19. The largest absolute Gasteiger partial charge is 0.303 e. The number of rotatable bonds is 2. The molecule has 1 atom stereocenters. The molecule has 66 valence electrons. The molecule has 2 nitrogen and oxygen atoms in total. The van der Waals surface area contributed by atoms with Crippen molar-refractivity contribution >= 4 is 18.9 Å². The lowest BCUT2D eigenvalue weighted by atomic mass is 10.0. The van der Waals surface area contributed by atoms with Crippen LogP contribution in [0.2, 0.25) is 0 Å². The molecule has 1 aromatic carbocycles. The number of benzene rings is 1. The zero-order chi connectivity index (χ0) is 9.84. The predicted octanol–water partition coefficient (Wildman–Crippen LogP) is 2.15.